The minimum atomic E-state index is -0.230. The smallest absolute Gasteiger partial charge is 0.248 e. The monoisotopic (exact) mass is 323 g/mol. The molecule has 0 unspecified atom stereocenters. The molecular formula is C15H14ClNO3S. The van der Waals surface area contributed by atoms with Gasteiger partial charge in [0.25, 0.3) is 0 Å². The number of amides is 1. The summed E-state index contributed by atoms with van der Waals surface area (Å²) >= 11 is 7.23. The quantitative estimate of drug-likeness (QED) is 0.844. The molecule has 0 aliphatic rings. The first-order chi connectivity index (χ1) is 10.1. The average Bonchev–Trinajstić information content (AvgIpc) is 2.90. The third-order valence-electron chi connectivity index (χ3n) is 2.64. The Morgan fingerprint density at radius 2 is 1.95 bits per heavy atom. The van der Waals surface area contributed by atoms with Crippen molar-refractivity contribution in [1.29, 1.82) is 0 Å². The van der Waals surface area contributed by atoms with Crippen molar-refractivity contribution < 1.29 is 14.3 Å². The van der Waals surface area contributed by atoms with Crippen LogP contribution in [0.5, 0.6) is 11.5 Å². The zero-order chi connectivity index (χ0) is 15.2. The Bertz CT molecular complexity index is 667. The van der Waals surface area contributed by atoms with E-state index in [9.17, 15) is 4.79 Å². The van der Waals surface area contributed by atoms with Gasteiger partial charge in [0.05, 0.1) is 18.6 Å². The van der Waals surface area contributed by atoms with Crippen LogP contribution in [0, 0.1) is 0 Å². The van der Waals surface area contributed by atoms with Crippen LogP contribution in [-0.4, -0.2) is 20.1 Å². The summed E-state index contributed by atoms with van der Waals surface area (Å²) in [5.41, 5.74) is 0.631. The van der Waals surface area contributed by atoms with E-state index in [1.807, 2.05) is 6.07 Å². The normalized spacial score (nSPS) is 10.6. The summed E-state index contributed by atoms with van der Waals surface area (Å²) in [5.74, 6) is 0.940. The minimum absolute atomic E-state index is 0.230. The lowest BCUT2D eigenvalue weighted by Crippen LogP contribution is -2.07. The van der Waals surface area contributed by atoms with Crippen LogP contribution in [0.25, 0.3) is 6.08 Å². The van der Waals surface area contributed by atoms with Gasteiger partial charge in [-0.2, -0.15) is 0 Å². The lowest BCUT2D eigenvalue weighted by atomic mass is 10.2. The molecule has 0 aliphatic heterocycles. The van der Waals surface area contributed by atoms with Crippen LogP contribution in [0.2, 0.25) is 4.34 Å². The van der Waals surface area contributed by atoms with Crippen LogP contribution in [0.4, 0.5) is 5.69 Å². The SMILES string of the molecule is COc1ccc(NC(=O)C=Cc2ccc(Cl)s2)cc1OC. The first-order valence-corrected chi connectivity index (χ1v) is 7.28. The van der Waals surface area contributed by atoms with Gasteiger partial charge < -0.3 is 14.8 Å². The Morgan fingerprint density at radius 1 is 1.19 bits per heavy atom. The maximum atomic E-state index is 11.8. The van der Waals surface area contributed by atoms with Crippen LogP contribution in [0.3, 0.4) is 0 Å². The topological polar surface area (TPSA) is 47.6 Å². The lowest BCUT2D eigenvalue weighted by Gasteiger charge is -2.09. The van der Waals surface area contributed by atoms with E-state index in [0.717, 1.165) is 4.88 Å². The fraction of sp³-hybridized carbons (Fsp3) is 0.133. The fourth-order valence-electron chi connectivity index (χ4n) is 1.67. The fourth-order valence-corrected chi connectivity index (χ4v) is 2.64. The molecule has 0 spiro atoms. The van der Waals surface area contributed by atoms with E-state index in [4.69, 9.17) is 21.1 Å². The van der Waals surface area contributed by atoms with Crippen molar-refractivity contribution >= 4 is 40.6 Å². The van der Waals surface area contributed by atoms with E-state index < -0.39 is 0 Å². The van der Waals surface area contributed by atoms with E-state index >= 15 is 0 Å². The highest BCUT2D eigenvalue weighted by Crippen LogP contribution is 2.29. The van der Waals surface area contributed by atoms with Gasteiger partial charge in [0.15, 0.2) is 11.5 Å². The van der Waals surface area contributed by atoms with Gasteiger partial charge in [0, 0.05) is 22.7 Å². The van der Waals surface area contributed by atoms with E-state index in [1.54, 1.807) is 44.6 Å². The molecule has 0 atom stereocenters. The average molecular weight is 324 g/mol. The zero-order valence-corrected chi connectivity index (χ0v) is 13.1. The predicted octanol–water partition coefficient (Wildman–Crippen LogP) is 4.07. The Balaban J connectivity index is 2.04. The number of benzene rings is 1. The molecule has 0 bridgehead atoms. The largest absolute Gasteiger partial charge is 0.493 e. The molecule has 0 radical (unpaired) electrons. The molecule has 1 amide bonds. The number of anilines is 1. The number of methoxy groups -OCH3 is 2. The molecule has 1 aromatic carbocycles. The molecule has 110 valence electrons. The molecule has 1 N–H and O–H groups in total. The molecular weight excluding hydrogens is 310 g/mol. The molecule has 21 heavy (non-hydrogen) atoms. The van der Waals surface area contributed by atoms with Gasteiger partial charge in [0.1, 0.15) is 0 Å². The van der Waals surface area contributed by atoms with Crippen molar-refractivity contribution in [2.24, 2.45) is 0 Å². The summed E-state index contributed by atoms with van der Waals surface area (Å²) in [6.45, 7) is 0. The van der Waals surface area contributed by atoms with Gasteiger partial charge in [-0.15, -0.1) is 11.3 Å². The summed E-state index contributed by atoms with van der Waals surface area (Å²) in [6.07, 6.45) is 3.17. The number of rotatable bonds is 5. The van der Waals surface area contributed by atoms with Gasteiger partial charge in [-0.05, 0) is 30.3 Å². The lowest BCUT2D eigenvalue weighted by molar-refractivity contribution is -0.111. The second kappa shape index (κ2) is 7.15. The van der Waals surface area contributed by atoms with Crippen molar-refractivity contribution in [1.82, 2.24) is 0 Å². The minimum Gasteiger partial charge on any atom is -0.493 e. The van der Waals surface area contributed by atoms with Crippen molar-refractivity contribution in [3.63, 3.8) is 0 Å². The predicted molar refractivity (Wildman–Crippen MR) is 86.5 cm³/mol. The molecule has 0 aliphatic carbocycles. The van der Waals surface area contributed by atoms with Crippen molar-refractivity contribution in [2.75, 3.05) is 19.5 Å². The third-order valence-corrected chi connectivity index (χ3v) is 3.84. The Morgan fingerprint density at radius 3 is 2.57 bits per heavy atom. The molecule has 4 nitrogen and oxygen atoms in total. The summed E-state index contributed by atoms with van der Waals surface area (Å²) in [4.78, 5) is 12.8. The van der Waals surface area contributed by atoms with E-state index in [2.05, 4.69) is 5.32 Å². The van der Waals surface area contributed by atoms with E-state index in [0.29, 0.717) is 21.5 Å². The second-order valence-corrected chi connectivity index (χ2v) is 5.78. The zero-order valence-electron chi connectivity index (χ0n) is 11.6. The van der Waals surface area contributed by atoms with Crippen LogP contribution >= 0.6 is 22.9 Å². The van der Waals surface area contributed by atoms with Gasteiger partial charge >= 0.3 is 0 Å². The highest BCUT2D eigenvalue weighted by molar-refractivity contribution is 7.17. The molecule has 0 fully saturated rings. The first kappa shape index (κ1) is 15.4. The molecule has 0 saturated carbocycles. The van der Waals surface area contributed by atoms with Gasteiger partial charge in [-0.3, -0.25) is 4.79 Å². The third kappa shape index (κ3) is 4.24. The van der Waals surface area contributed by atoms with Gasteiger partial charge in [0.2, 0.25) is 5.91 Å². The van der Waals surface area contributed by atoms with Crippen molar-refractivity contribution in [3.8, 4) is 11.5 Å². The number of ether oxygens (including phenoxy) is 2. The van der Waals surface area contributed by atoms with Gasteiger partial charge in [-0.25, -0.2) is 0 Å². The number of hydrogen-bond acceptors (Lipinski definition) is 4. The molecule has 6 heteroatoms. The summed E-state index contributed by atoms with van der Waals surface area (Å²) in [7, 11) is 3.11. The molecule has 2 rings (SSSR count). The van der Waals surface area contributed by atoms with Crippen LogP contribution < -0.4 is 14.8 Å². The van der Waals surface area contributed by atoms with Gasteiger partial charge in [-0.1, -0.05) is 11.6 Å². The number of nitrogens with one attached hydrogen (secondary N) is 1. The molecule has 1 heterocycles. The molecule has 0 saturated heterocycles. The number of hydrogen-bond donors (Lipinski definition) is 1. The maximum absolute atomic E-state index is 11.8. The number of thiophene rings is 1. The summed E-state index contributed by atoms with van der Waals surface area (Å²) < 4.78 is 11.0. The number of carbonyl (C=O) groups excluding carboxylic acids is 1. The van der Waals surface area contributed by atoms with Crippen LogP contribution in [-0.2, 0) is 4.79 Å². The standard InChI is InChI=1S/C15H14ClNO3S/c1-19-12-6-3-10(9-13(12)20-2)17-15(18)8-5-11-4-7-14(16)21-11/h3-9H,1-2H3,(H,17,18). The highest BCUT2D eigenvalue weighted by atomic mass is 35.5. The molecule has 2 aromatic rings. The highest BCUT2D eigenvalue weighted by Gasteiger charge is 2.06. The van der Waals surface area contributed by atoms with E-state index in [1.165, 1.54) is 17.4 Å². The summed E-state index contributed by atoms with van der Waals surface area (Å²) in [5, 5.41) is 2.76. The van der Waals surface area contributed by atoms with Crippen molar-refractivity contribution in [3.05, 3.63) is 45.6 Å². The maximum Gasteiger partial charge on any atom is 0.248 e. The van der Waals surface area contributed by atoms with Crippen LogP contribution in [0.1, 0.15) is 4.88 Å². The number of halogens is 1. The molecule has 1 aromatic heterocycles. The summed E-state index contributed by atoms with van der Waals surface area (Å²) in [6, 6.07) is 8.82. The second-order valence-electron chi connectivity index (χ2n) is 4.03. The Labute approximate surface area is 132 Å². The number of carbonyl (C=O) groups is 1. The van der Waals surface area contributed by atoms with Crippen molar-refractivity contribution in [2.45, 2.75) is 0 Å². The van der Waals surface area contributed by atoms with Crippen LogP contribution in [0.15, 0.2) is 36.4 Å². The first-order valence-electron chi connectivity index (χ1n) is 6.09. The Hall–Kier alpha value is -1.98. The Kier molecular flexibility index (Phi) is 5.25. The van der Waals surface area contributed by atoms with E-state index in [-0.39, 0.29) is 5.91 Å².